The number of methoxy groups -OCH3 is 2. The number of nitrogens with zero attached hydrogens (tertiary/aromatic N) is 1. The van der Waals surface area contributed by atoms with Gasteiger partial charge >= 0.3 is 0 Å². The van der Waals surface area contributed by atoms with E-state index in [1.807, 2.05) is 24.3 Å². The summed E-state index contributed by atoms with van der Waals surface area (Å²) in [4.78, 5) is 14.1. The number of hydrogen-bond acceptors (Lipinski definition) is 5. The molecule has 0 aromatic heterocycles. The summed E-state index contributed by atoms with van der Waals surface area (Å²) in [5.41, 5.74) is 0.870. The van der Waals surface area contributed by atoms with Crippen LogP contribution in [-0.2, 0) is 19.4 Å². The lowest BCUT2D eigenvalue weighted by Gasteiger charge is -2.26. The number of amides is 1. The summed E-state index contributed by atoms with van der Waals surface area (Å²) in [6.07, 6.45) is 3.67. The predicted molar refractivity (Wildman–Crippen MR) is 92.7 cm³/mol. The van der Waals surface area contributed by atoms with Gasteiger partial charge in [-0.05, 0) is 30.2 Å². The molecule has 24 heavy (non-hydrogen) atoms. The van der Waals surface area contributed by atoms with E-state index in [0.29, 0.717) is 19.6 Å². The highest BCUT2D eigenvalue weighted by Gasteiger charge is 2.33. The average molecular weight is 353 g/mol. The molecule has 1 amide bonds. The van der Waals surface area contributed by atoms with Crippen molar-refractivity contribution in [1.82, 2.24) is 4.90 Å². The molecule has 1 aliphatic heterocycles. The molecule has 0 spiro atoms. The topological polar surface area (TPSA) is 72.9 Å². The van der Waals surface area contributed by atoms with Gasteiger partial charge in [0, 0.05) is 25.8 Å². The quantitative estimate of drug-likeness (QED) is 0.692. The van der Waals surface area contributed by atoms with Gasteiger partial charge in [-0.15, -0.1) is 0 Å². The van der Waals surface area contributed by atoms with E-state index in [2.05, 4.69) is 0 Å². The van der Waals surface area contributed by atoms with Crippen LogP contribution in [0.3, 0.4) is 0 Å². The van der Waals surface area contributed by atoms with E-state index in [4.69, 9.17) is 9.47 Å². The van der Waals surface area contributed by atoms with Crippen LogP contribution in [0.5, 0.6) is 5.75 Å². The zero-order valence-electron chi connectivity index (χ0n) is 14.0. The highest BCUT2D eigenvalue weighted by molar-refractivity contribution is 7.91. The SMILES string of the molecule is COCCN(C(=O)C=Cc1ccc(OC)cc1)C1CCS(=O)(=O)C1. The van der Waals surface area contributed by atoms with Gasteiger partial charge < -0.3 is 14.4 Å². The van der Waals surface area contributed by atoms with Crippen LogP contribution in [0, 0.1) is 0 Å². The molecule has 132 valence electrons. The number of benzene rings is 1. The van der Waals surface area contributed by atoms with Crippen LogP contribution in [0.4, 0.5) is 0 Å². The van der Waals surface area contributed by atoms with E-state index in [-0.39, 0.29) is 23.5 Å². The van der Waals surface area contributed by atoms with Crippen LogP contribution in [0.2, 0.25) is 0 Å². The molecule has 1 heterocycles. The van der Waals surface area contributed by atoms with Crippen molar-refractivity contribution in [3.63, 3.8) is 0 Å². The average Bonchev–Trinajstić information content (AvgIpc) is 2.93. The largest absolute Gasteiger partial charge is 0.497 e. The molecular formula is C17H23NO5S. The Hall–Kier alpha value is -1.86. The third-order valence-electron chi connectivity index (χ3n) is 4.00. The summed E-state index contributed by atoms with van der Waals surface area (Å²) in [7, 11) is 0.105. The minimum absolute atomic E-state index is 0.0266. The smallest absolute Gasteiger partial charge is 0.246 e. The first-order valence-corrected chi connectivity index (χ1v) is 9.59. The Balaban J connectivity index is 2.07. The molecule has 1 aliphatic rings. The first kappa shape index (κ1) is 18.5. The molecular weight excluding hydrogens is 330 g/mol. The molecule has 2 rings (SSSR count). The van der Waals surface area contributed by atoms with Gasteiger partial charge in [0.15, 0.2) is 9.84 Å². The van der Waals surface area contributed by atoms with Gasteiger partial charge in [-0.2, -0.15) is 0 Å². The Morgan fingerprint density at radius 3 is 2.54 bits per heavy atom. The molecule has 6 nitrogen and oxygen atoms in total. The van der Waals surface area contributed by atoms with Crippen molar-refractivity contribution < 1.29 is 22.7 Å². The highest BCUT2D eigenvalue weighted by Crippen LogP contribution is 2.19. The molecule has 1 saturated heterocycles. The summed E-state index contributed by atoms with van der Waals surface area (Å²) in [6.45, 7) is 0.751. The minimum Gasteiger partial charge on any atom is -0.497 e. The fourth-order valence-corrected chi connectivity index (χ4v) is 4.39. The molecule has 0 aliphatic carbocycles. The van der Waals surface area contributed by atoms with Crippen molar-refractivity contribution in [2.75, 3.05) is 38.9 Å². The minimum atomic E-state index is -3.05. The summed E-state index contributed by atoms with van der Waals surface area (Å²) in [5, 5.41) is 0. The van der Waals surface area contributed by atoms with E-state index in [1.165, 1.54) is 6.08 Å². The Labute approximate surface area is 143 Å². The summed E-state index contributed by atoms with van der Waals surface area (Å²) >= 11 is 0. The van der Waals surface area contributed by atoms with Crippen molar-refractivity contribution in [2.45, 2.75) is 12.5 Å². The second kappa shape index (κ2) is 8.30. The molecule has 1 fully saturated rings. The number of ether oxygens (including phenoxy) is 2. The van der Waals surface area contributed by atoms with E-state index >= 15 is 0 Å². The summed E-state index contributed by atoms with van der Waals surface area (Å²) in [6, 6.07) is 7.05. The first-order chi connectivity index (χ1) is 11.4. The Morgan fingerprint density at radius 1 is 1.29 bits per heavy atom. The maximum absolute atomic E-state index is 12.5. The van der Waals surface area contributed by atoms with Gasteiger partial charge in [-0.3, -0.25) is 4.79 Å². The third kappa shape index (κ3) is 5.07. The van der Waals surface area contributed by atoms with Gasteiger partial charge in [0.25, 0.3) is 0 Å². The molecule has 0 saturated carbocycles. The Bertz CT molecular complexity index is 681. The Kier molecular flexibility index (Phi) is 6.39. The van der Waals surface area contributed by atoms with Crippen LogP contribution < -0.4 is 4.74 Å². The van der Waals surface area contributed by atoms with Crippen LogP contribution in [0.25, 0.3) is 6.08 Å². The van der Waals surface area contributed by atoms with Gasteiger partial charge in [0.05, 0.1) is 25.2 Å². The second-order valence-electron chi connectivity index (χ2n) is 5.69. The zero-order chi connectivity index (χ0) is 17.6. The van der Waals surface area contributed by atoms with Crippen molar-refractivity contribution in [1.29, 1.82) is 0 Å². The van der Waals surface area contributed by atoms with Gasteiger partial charge in [0.2, 0.25) is 5.91 Å². The third-order valence-corrected chi connectivity index (χ3v) is 5.75. The van der Waals surface area contributed by atoms with Crippen molar-refractivity contribution in [3.8, 4) is 5.75 Å². The molecule has 1 unspecified atom stereocenters. The van der Waals surface area contributed by atoms with E-state index in [0.717, 1.165) is 11.3 Å². The summed E-state index contributed by atoms with van der Waals surface area (Å²) < 4.78 is 33.5. The number of carbonyl (C=O) groups excluding carboxylic acids is 1. The zero-order valence-corrected chi connectivity index (χ0v) is 14.8. The summed E-state index contributed by atoms with van der Waals surface area (Å²) in [5.74, 6) is 0.705. The number of carbonyl (C=O) groups is 1. The van der Waals surface area contributed by atoms with Crippen LogP contribution in [0.1, 0.15) is 12.0 Å². The van der Waals surface area contributed by atoms with E-state index in [1.54, 1.807) is 25.2 Å². The van der Waals surface area contributed by atoms with Gasteiger partial charge in [0.1, 0.15) is 5.75 Å². The standard InChI is InChI=1S/C17H23NO5S/c1-22-11-10-18(15-9-12-24(20,21)13-15)17(19)8-5-14-3-6-16(23-2)7-4-14/h3-8,15H,9-13H2,1-2H3. The fourth-order valence-electron chi connectivity index (χ4n) is 2.66. The Morgan fingerprint density at radius 2 is 2.00 bits per heavy atom. The van der Waals surface area contributed by atoms with Gasteiger partial charge in [-0.1, -0.05) is 12.1 Å². The molecule has 0 bridgehead atoms. The van der Waals surface area contributed by atoms with Crippen molar-refractivity contribution in [3.05, 3.63) is 35.9 Å². The lowest BCUT2D eigenvalue weighted by atomic mass is 10.2. The molecule has 7 heteroatoms. The lowest BCUT2D eigenvalue weighted by molar-refractivity contribution is -0.128. The molecule has 0 radical (unpaired) electrons. The molecule has 1 aromatic rings. The monoisotopic (exact) mass is 353 g/mol. The van der Waals surface area contributed by atoms with E-state index < -0.39 is 9.84 Å². The van der Waals surface area contributed by atoms with Crippen molar-refractivity contribution >= 4 is 21.8 Å². The van der Waals surface area contributed by atoms with E-state index in [9.17, 15) is 13.2 Å². The van der Waals surface area contributed by atoms with Gasteiger partial charge in [-0.25, -0.2) is 8.42 Å². The van der Waals surface area contributed by atoms with Crippen LogP contribution in [0.15, 0.2) is 30.3 Å². The number of rotatable bonds is 7. The van der Waals surface area contributed by atoms with Crippen LogP contribution >= 0.6 is 0 Å². The fraction of sp³-hybridized carbons (Fsp3) is 0.471. The van der Waals surface area contributed by atoms with Crippen LogP contribution in [-0.4, -0.2) is 64.1 Å². The number of hydrogen-bond donors (Lipinski definition) is 0. The number of sulfone groups is 1. The van der Waals surface area contributed by atoms with Crippen molar-refractivity contribution in [2.24, 2.45) is 0 Å². The molecule has 1 aromatic carbocycles. The lowest BCUT2D eigenvalue weighted by Crippen LogP contribution is -2.42. The molecule has 1 atom stereocenters. The highest BCUT2D eigenvalue weighted by atomic mass is 32.2. The maximum atomic E-state index is 12.5. The second-order valence-corrected chi connectivity index (χ2v) is 7.92. The first-order valence-electron chi connectivity index (χ1n) is 7.77. The molecule has 0 N–H and O–H groups in total. The maximum Gasteiger partial charge on any atom is 0.246 e. The normalized spacial score (nSPS) is 19.5. The predicted octanol–water partition coefficient (Wildman–Crippen LogP) is 1.37.